The van der Waals surface area contributed by atoms with E-state index < -0.39 is 0 Å². The predicted molar refractivity (Wildman–Crippen MR) is 99.6 cm³/mol. The van der Waals surface area contributed by atoms with E-state index in [2.05, 4.69) is 28.7 Å². The summed E-state index contributed by atoms with van der Waals surface area (Å²) in [5, 5.41) is 7.98. The van der Waals surface area contributed by atoms with Crippen molar-refractivity contribution in [3.05, 3.63) is 65.4 Å². The van der Waals surface area contributed by atoms with Gasteiger partial charge in [-0.25, -0.2) is 0 Å². The van der Waals surface area contributed by atoms with Gasteiger partial charge in [0, 0.05) is 30.3 Å². The van der Waals surface area contributed by atoms with E-state index in [1.807, 2.05) is 30.3 Å². The first-order chi connectivity index (χ1) is 12.8. The standard InChI is InChI=1S/C21H23N3O2/c25-21(13-19-18-9-3-4-10-20(18)26-23-19)22-14-16-7-1-2-8-17(16)15-24-11-5-6-12-24/h1-4,7-10H,5-6,11-15H2,(H,22,25)/p+1. The molecule has 134 valence electrons. The van der Waals surface area contributed by atoms with Gasteiger partial charge in [0.05, 0.1) is 19.5 Å². The number of nitrogens with one attached hydrogen (secondary N) is 2. The summed E-state index contributed by atoms with van der Waals surface area (Å²) in [5.41, 5.74) is 3.93. The Kier molecular flexibility index (Phi) is 4.97. The summed E-state index contributed by atoms with van der Waals surface area (Å²) in [6.07, 6.45) is 2.87. The molecule has 0 unspecified atom stereocenters. The van der Waals surface area contributed by atoms with Crippen LogP contribution in [-0.4, -0.2) is 24.2 Å². The SMILES string of the molecule is O=C(Cc1noc2ccccc12)NCc1ccccc1C[NH+]1CCCC1. The van der Waals surface area contributed by atoms with Gasteiger partial charge in [0.1, 0.15) is 12.2 Å². The second-order valence-corrected chi connectivity index (χ2v) is 6.98. The van der Waals surface area contributed by atoms with E-state index in [0.29, 0.717) is 17.8 Å². The molecule has 0 spiro atoms. The van der Waals surface area contributed by atoms with Gasteiger partial charge in [0.15, 0.2) is 5.58 Å². The molecule has 0 bridgehead atoms. The van der Waals surface area contributed by atoms with Crippen molar-refractivity contribution in [1.29, 1.82) is 0 Å². The lowest BCUT2D eigenvalue weighted by Gasteiger charge is -2.15. The summed E-state index contributed by atoms with van der Waals surface area (Å²) in [6, 6.07) is 16.0. The van der Waals surface area contributed by atoms with Crippen molar-refractivity contribution < 1.29 is 14.2 Å². The number of carbonyl (C=O) groups excluding carboxylic acids is 1. The topological polar surface area (TPSA) is 59.6 Å². The Labute approximate surface area is 153 Å². The predicted octanol–water partition coefficient (Wildman–Crippen LogP) is 1.87. The second-order valence-electron chi connectivity index (χ2n) is 6.98. The fourth-order valence-electron chi connectivity index (χ4n) is 3.70. The Hall–Kier alpha value is -2.66. The van der Waals surface area contributed by atoms with Crippen LogP contribution in [0.5, 0.6) is 0 Å². The van der Waals surface area contributed by atoms with Gasteiger partial charge < -0.3 is 14.7 Å². The Balaban J connectivity index is 1.38. The molecular weight excluding hydrogens is 326 g/mol. The number of rotatable bonds is 6. The highest BCUT2D eigenvalue weighted by molar-refractivity contribution is 5.86. The van der Waals surface area contributed by atoms with Gasteiger partial charge in [-0.15, -0.1) is 0 Å². The molecule has 0 atom stereocenters. The summed E-state index contributed by atoms with van der Waals surface area (Å²) in [7, 11) is 0. The van der Waals surface area contributed by atoms with Gasteiger partial charge in [0.2, 0.25) is 5.91 Å². The van der Waals surface area contributed by atoms with E-state index in [4.69, 9.17) is 4.52 Å². The Bertz CT molecular complexity index is 897. The molecule has 1 amide bonds. The normalized spacial score (nSPS) is 14.8. The van der Waals surface area contributed by atoms with Crippen molar-refractivity contribution in [1.82, 2.24) is 10.5 Å². The summed E-state index contributed by atoms with van der Waals surface area (Å²) in [6.45, 7) is 4.10. The van der Waals surface area contributed by atoms with Gasteiger partial charge in [-0.1, -0.05) is 41.6 Å². The minimum Gasteiger partial charge on any atom is -0.356 e. The van der Waals surface area contributed by atoms with Crippen LogP contribution in [0.4, 0.5) is 0 Å². The third-order valence-electron chi connectivity index (χ3n) is 5.13. The molecule has 5 nitrogen and oxygen atoms in total. The number of aromatic nitrogens is 1. The molecule has 1 aliphatic rings. The van der Waals surface area contributed by atoms with Gasteiger partial charge in [-0.2, -0.15) is 0 Å². The van der Waals surface area contributed by atoms with Crippen molar-refractivity contribution in [2.75, 3.05) is 13.1 Å². The lowest BCUT2D eigenvalue weighted by atomic mass is 10.1. The first-order valence-electron chi connectivity index (χ1n) is 9.30. The molecule has 1 aliphatic heterocycles. The molecule has 0 saturated carbocycles. The Morgan fingerprint density at radius 1 is 1.04 bits per heavy atom. The zero-order chi connectivity index (χ0) is 17.8. The molecule has 1 saturated heterocycles. The summed E-state index contributed by atoms with van der Waals surface area (Å²) in [4.78, 5) is 14.0. The molecule has 1 fully saturated rings. The number of fused-ring (bicyclic) bond motifs is 1. The van der Waals surface area contributed by atoms with Crippen LogP contribution in [0.3, 0.4) is 0 Å². The largest absolute Gasteiger partial charge is 0.356 e. The molecule has 26 heavy (non-hydrogen) atoms. The van der Waals surface area contributed by atoms with Crippen LogP contribution >= 0.6 is 0 Å². The maximum atomic E-state index is 12.4. The van der Waals surface area contributed by atoms with Crippen LogP contribution in [0.15, 0.2) is 53.1 Å². The number of hydrogen-bond acceptors (Lipinski definition) is 3. The third-order valence-corrected chi connectivity index (χ3v) is 5.13. The van der Waals surface area contributed by atoms with E-state index in [-0.39, 0.29) is 12.3 Å². The van der Waals surface area contributed by atoms with Crippen LogP contribution in [-0.2, 0) is 24.3 Å². The smallest absolute Gasteiger partial charge is 0.226 e. The van der Waals surface area contributed by atoms with E-state index in [1.54, 1.807) is 4.90 Å². The number of likely N-dealkylation sites (tertiary alicyclic amines) is 1. The average molecular weight is 350 g/mol. The highest BCUT2D eigenvalue weighted by atomic mass is 16.5. The molecule has 1 aromatic heterocycles. The first kappa shape index (κ1) is 16.8. The minimum atomic E-state index is -0.0348. The lowest BCUT2D eigenvalue weighted by molar-refractivity contribution is -0.901. The molecule has 3 aromatic rings. The number of para-hydroxylation sites is 1. The number of quaternary nitrogens is 1. The summed E-state index contributed by atoms with van der Waals surface area (Å²) in [5.74, 6) is -0.0348. The van der Waals surface area contributed by atoms with Crippen molar-refractivity contribution >= 4 is 16.9 Å². The number of amides is 1. The van der Waals surface area contributed by atoms with Gasteiger partial charge in [0.25, 0.3) is 0 Å². The molecule has 4 rings (SSSR count). The van der Waals surface area contributed by atoms with E-state index in [0.717, 1.165) is 11.9 Å². The summed E-state index contributed by atoms with van der Waals surface area (Å²) < 4.78 is 5.27. The molecule has 0 radical (unpaired) electrons. The van der Waals surface area contributed by atoms with Crippen LogP contribution < -0.4 is 10.2 Å². The maximum Gasteiger partial charge on any atom is 0.226 e. The van der Waals surface area contributed by atoms with Crippen molar-refractivity contribution in [3.8, 4) is 0 Å². The number of hydrogen-bond donors (Lipinski definition) is 2. The zero-order valence-corrected chi connectivity index (χ0v) is 14.8. The monoisotopic (exact) mass is 350 g/mol. The van der Waals surface area contributed by atoms with Crippen molar-refractivity contribution in [3.63, 3.8) is 0 Å². The molecule has 2 aromatic carbocycles. The first-order valence-corrected chi connectivity index (χ1v) is 9.30. The fourth-order valence-corrected chi connectivity index (χ4v) is 3.70. The lowest BCUT2D eigenvalue weighted by Crippen LogP contribution is -3.08. The van der Waals surface area contributed by atoms with Gasteiger partial charge in [-0.05, 0) is 17.7 Å². The summed E-state index contributed by atoms with van der Waals surface area (Å²) >= 11 is 0. The molecule has 2 heterocycles. The number of benzene rings is 2. The number of carbonyl (C=O) groups is 1. The van der Waals surface area contributed by atoms with Crippen LogP contribution in [0.2, 0.25) is 0 Å². The van der Waals surface area contributed by atoms with Gasteiger partial charge >= 0.3 is 0 Å². The number of nitrogens with zero attached hydrogens (tertiary/aromatic N) is 1. The molecule has 5 heteroatoms. The van der Waals surface area contributed by atoms with E-state index in [9.17, 15) is 4.79 Å². The highest BCUT2D eigenvalue weighted by Gasteiger charge is 2.17. The van der Waals surface area contributed by atoms with Gasteiger partial charge in [-0.3, -0.25) is 4.79 Å². The average Bonchev–Trinajstić information content (AvgIpc) is 3.31. The van der Waals surface area contributed by atoms with Crippen molar-refractivity contribution in [2.45, 2.75) is 32.4 Å². The third kappa shape index (κ3) is 3.78. The van der Waals surface area contributed by atoms with E-state index in [1.165, 1.54) is 37.1 Å². The minimum absolute atomic E-state index is 0.0348. The second kappa shape index (κ2) is 7.70. The van der Waals surface area contributed by atoms with Crippen LogP contribution in [0.1, 0.15) is 29.7 Å². The molecule has 0 aliphatic carbocycles. The molecule has 2 N–H and O–H groups in total. The van der Waals surface area contributed by atoms with Crippen LogP contribution in [0.25, 0.3) is 11.0 Å². The van der Waals surface area contributed by atoms with Crippen LogP contribution in [0, 0.1) is 0 Å². The quantitative estimate of drug-likeness (QED) is 0.713. The van der Waals surface area contributed by atoms with E-state index >= 15 is 0 Å². The highest BCUT2D eigenvalue weighted by Crippen LogP contribution is 2.18. The Morgan fingerprint density at radius 2 is 1.77 bits per heavy atom. The maximum absolute atomic E-state index is 12.4. The fraction of sp³-hybridized carbons (Fsp3) is 0.333. The van der Waals surface area contributed by atoms with Crippen molar-refractivity contribution in [2.24, 2.45) is 0 Å². The Morgan fingerprint density at radius 3 is 2.62 bits per heavy atom. The molecular formula is C21H24N3O2+. The zero-order valence-electron chi connectivity index (χ0n) is 14.8.